The Labute approximate surface area is 123 Å². The first-order valence-electron chi connectivity index (χ1n) is 6.78. The number of benzene rings is 1. The molecule has 0 aliphatic carbocycles. The summed E-state index contributed by atoms with van der Waals surface area (Å²) in [6, 6.07) is 8.22. The molecular formula is C15H21BrN2O. The van der Waals surface area contributed by atoms with Crippen molar-refractivity contribution in [3.8, 4) is 0 Å². The minimum atomic E-state index is -0.513. The Morgan fingerprint density at radius 1 is 1.47 bits per heavy atom. The van der Waals surface area contributed by atoms with Crippen molar-refractivity contribution in [1.29, 1.82) is 0 Å². The Morgan fingerprint density at radius 2 is 2.26 bits per heavy atom. The summed E-state index contributed by atoms with van der Waals surface area (Å²) in [6.45, 7) is 5.88. The molecule has 0 unspecified atom stereocenters. The molecule has 2 rings (SSSR count). The van der Waals surface area contributed by atoms with E-state index in [1.165, 1.54) is 0 Å². The van der Waals surface area contributed by atoms with Crippen molar-refractivity contribution in [2.24, 2.45) is 0 Å². The molecule has 0 spiro atoms. The Morgan fingerprint density at radius 3 is 2.89 bits per heavy atom. The minimum Gasteiger partial charge on any atom is -0.351 e. The van der Waals surface area contributed by atoms with Gasteiger partial charge in [0.15, 0.2) is 0 Å². The lowest BCUT2D eigenvalue weighted by Crippen LogP contribution is -2.50. The van der Waals surface area contributed by atoms with E-state index in [0.29, 0.717) is 0 Å². The summed E-state index contributed by atoms with van der Waals surface area (Å²) in [5, 5.41) is 6.48. The predicted octanol–water partition coefficient (Wildman–Crippen LogP) is 2.59. The molecule has 0 bridgehead atoms. The second-order valence-corrected chi connectivity index (χ2v) is 6.57. The molecule has 4 heteroatoms. The Balaban J connectivity index is 2.07. The Hall–Kier alpha value is -0.870. The van der Waals surface area contributed by atoms with Crippen LogP contribution in [0.15, 0.2) is 28.7 Å². The van der Waals surface area contributed by atoms with Crippen molar-refractivity contribution in [1.82, 2.24) is 10.6 Å². The lowest BCUT2D eigenvalue weighted by molar-refractivity contribution is -0.126. The van der Waals surface area contributed by atoms with Crippen LogP contribution in [0.1, 0.15) is 32.3 Å². The number of nitrogens with one attached hydrogen (secondary N) is 2. The van der Waals surface area contributed by atoms with Crippen LogP contribution < -0.4 is 10.6 Å². The fraction of sp³-hybridized carbons (Fsp3) is 0.533. The monoisotopic (exact) mass is 324 g/mol. The van der Waals surface area contributed by atoms with E-state index < -0.39 is 5.41 Å². The van der Waals surface area contributed by atoms with E-state index in [1.807, 2.05) is 38.1 Å². The van der Waals surface area contributed by atoms with Crippen LogP contribution in [0.4, 0.5) is 0 Å². The van der Waals surface area contributed by atoms with Crippen LogP contribution in [0.25, 0.3) is 0 Å². The molecule has 1 aliphatic heterocycles. The van der Waals surface area contributed by atoms with Crippen LogP contribution >= 0.6 is 15.9 Å². The van der Waals surface area contributed by atoms with Crippen LogP contribution in [0, 0.1) is 0 Å². The molecule has 0 radical (unpaired) electrons. The number of amides is 1. The van der Waals surface area contributed by atoms with Gasteiger partial charge in [0.2, 0.25) is 5.91 Å². The third-order valence-corrected chi connectivity index (χ3v) is 4.24. The first-order valence-corrected chi connectivity index (χ1v) is 7.57. The summed E-state index contributed by atoms with van der Waals surface area (Å²) in [4.78, 5) is 12.5. The van der Waals surface area contributed by atoms with Crippen LogP contribution in [0.3, 0.4) is 0 Å². The largest absolute Gasteiger partial charge is 0.351 e. The molecule has 1 aliphatic rings. The van der Waals surface area contributed by atoms with Gasteiger partial charge in [-0.25, -0.2) is 0 Å². The molecule has 0 saturated carbocycles. The van der Waals surface area contributed by atoms with Crippen LogP contribution in [-0.2, 0) is 10.2 Å². The normalized spacial score (nSPS) is 20.1. The van der Waals surface area contributed by atoms with E-state index in [4.69, 9.17) is 0 Å². The first-order chi connectivity index (χ1) is 9.00. The van der Waals surface area contributed by atoms with Gasteiger partial charge in [-0.05, 0) is 50.9 Å². The van der Waals surface area contributed by atoms with Crippen LogP contribution in [-0.4, -0.2) is 25.0 Å². The Kier molecular flexibility index (Phi) is 4.63. The summed E-state index contributed by atoms with van der Waals surface area (Å²) in [6.07, 6.45) is 2.19. The Bertz CT molecular complexity index is 453. The quantitative estimate of drug-likeness (QED) is 0.897. The maximum absolute atomic E-state index is 12.5. The lowest BCUT2D eigenvalue weighted by atomic mass is 9.83. The second-order valence-electron chi connectivity index (χ2n) is 5.65. The predicted molar refractivity (Wildman–Crippen MR) is 81.2 cm³/mol. The van der Waals surface area contributed by atoms with Crippen molar-refractivity contribution in [3.05, 3.63) is 34.3 Å². The molecule has 0 aromatic heterocycles. The smallest absolute Gasteiger partial charge is 0.230 e. The number of carbonyl (C=O) groups is 1. The third kappa shape index (κ3) is 3.57. The van der Waals surface area contributed by atoms with E-state index in [0.717, 1.165) is 36.0 Å². The number of hydrogen-bond acceptors (Lipinski definition) is 2. The molecule has 2 N–H and O–H groups in total. The number of piperidine rings is 1. The molecule has 1 aromatic rings. The van der Waals surface area contributed by atoms with Gasteiger partial charge < -0.3 is 10.6 Å². The maximum Gasteiger partial charge on any atom is 0.230 e. The molecule has 1 aromatic carbocycles. The van der Waals surface area contributed by atoms with Crippen LogP contribution in [0.5, 0.6) is 0 Å². The van der Waals surface area contributed by atoms with Gasteiger partial charge in [0.25, 0.3) is 0 Å². The lowest BCUT2D eigenvalue weighted by Gasteiger charge is -2.30. The fourth-order valence-corrected chi connectivity index (χ4v) is 2.75. The second kappa shape index (κ2) is 6.06. The molecule has 1 atom stereocenters. The summed E-state index contributed by atoms with van der Waals surface area (Å²) < 4.78 is 1.00. The zero-order chi connectivity index (χ0) is 13.9. The average Bonchev–Trinajstić information content (AvgIpc) is 2.40. The van der Waals surface area contributed by atoms with Gasteiger partial charge in [0.1, 0.15) is 0 Å². The standard InChI is InChI=1S/C15H21BrN2O/c1-15(2,11-5-3-6-12(16)9-11)14(19)18-13-7-4-8-17-10-13/h3,5-6,9,13,17H,4,7-8,10H2,1-2H3,(H,18,19)/t13-/m0/s1. The molecule has 1 heterocycles. The molecular weight excluding hydrogens is 304 g/mol. The van der Waals surface area contributed by atoms with Gasteiger partial charge in [-0.3, -0.25) is 4.79 Å². The van der Waals surface area contributed by atoms with Gasteiger partial charge in [0.05, 0.1) is 5.41 Å². The van der Waals surface area contributed by atoms with E-state index in [1.54, 1.807) is 0 Å². The summed E-state index contributed by atoms with van der Waals surface area (Å²) in [5.74, 6) is 0.0966. The van der Waals surface area contributed by atoms with E-state index in [-0.39, 0.29) is 11.9 Å². The summed E-state index contributed by atoms with van der Waals surface area (Å²) >= 11 is 3.46. The third-order valence-electron chi connectivity index (χ3n) is 3.75. The molecule has 1 amide bonds. The maximum atomic E-state index is 12.5. The van der Waals surface area contributed by atoms with Gasteiger partial charge in [-0.2, -0.15) is 0 Å². The van der Waals surface area contributed by atoms with Gasteiger partial charge in [0, 0.05) is 17.1 Å². The summed E-state index contributed by atoms with van der Waals surface area (Å²) in [5.41, 5.74) is 0.518. The topological polar surface area (TPSA) is 41.1 Å². The highest BCUT2D eigenvalue weighted by atomic mass is 79.9. The molecule has 1 saturated heterocycles. The van der Waals surface area contributed by atoms with Gasteiger partial charge >= 0.3 is 0 Å². The molecule has 1 fully saturated rings. The highest BCUT2D eigenvalue weighted by molar-refractivity contribution is 9.10. The van der Waals surface area contributed by atoms with Crippen molar-refractivity contribution in [2.45, 2.75) is 38.1 Å². The highest BCUT2D eigenvalue weighted by Gasteiger charge is 2.31. The van der Waals surface area contributed by atoms with Crippen molar-refractivity contribution in [2.75, 3.05) is 13.1 Å². The van der Waals surface area contributed by atoms with Crippen molar-refractivity contribution in [3.63, 3.8) is 0 Å². The number of halogens is 1. The number of hydrogen-bond donors (Lipinski definition) is 2. The highest BCUT2D eigenvalue weighted by Crippen LogP contribution is 2.26. The first kappa shape index (κ1) is 14.5. The van der Waals surface area contributed by atoms with Crippen LogP contribution in [0.2, 0.25) is 0 Å². The molecule has 104 valence electrons. The minimum absolute atomic E-state index is 0.0966. The van der Waals surface area contributed by atoms with Gasteiger partial charge in [-0.15, -0.1) is 0 Å². The van der Waals surface area contributed by atoms with E-state index >= 15 is 0 Å². The fourth-order valence-electron chi connectivity index (χ4n) is 2.35. The zero-order valence-corrected chi connectivity index (χ0v) is 13.1. The average molecular weight is 325 g/mol. The summed E-state index contributed by atoms with van der Waals surface area (Å²) in [7, 11) is 0. The van der Waals surface area contributed by atoms with Crippen molar-refractivity contribution >= 4 is 21.8 Å². The SMILES string of the molecule is CC(C)(C(=O)N[C@H]1CCCNC1)c1cccc(Br)c1. The van der Waals surface area contributed by atoms with E-state index in [9.17, 15) is 4.79 Å². The van der Waals surface area contributed by atoms with Crippen molar-refractivity contribution < 1.29 is 4.79 Å². The number of rotatable bonds is 3. The number of carbonyl (C=O) groups excluding carboxylic acids is 1. The molecule has 19 heavy (non-hydrogen) atoms. The molecule has 3 nitrogen and oxygen atoms in total. The van der Waals surface area contributed by atoms with E-state index in [2.05, 4.69) is 26.6 Å². The van der Waals surface area contributed by atoms with Gasteiger partial charge in [-0.1, -0.05) is 28.1 Å². The zero-order valence-electron chi connectivity index (χ0n) is 11.5.